The van der Waals surface area contributed by atoms with E-state index in [0.29, 0.717) is 5.56 Å². The largest absolute Gasteiger partial charge is 0.354 e. The van der Waals surface area contributed by atoms with Crippen LogP contribution in [0.3, 0.4) is 0 Å². The maximum Gasteiger partial charge on any atom is 0.152 e. The number of aromatic amines is 1. The summed E-state index contributed by atoms with van der Waals surface area (Å²) in [4.78, 5) is 15.2. The van der Waals surface area contributed by atoms with Gasteiger partial charge in [0.25, 0.3) is 0 Å². The van der Waals surface area contributed by atoms with Crippen molar-refractivity contribution in [1.82, 2.24) is 4.98 Å². The number of hydrogen-bond acceptors (Lipinski definition) is 1. The van der Waals surface area contributed by atoms with Gasteiger partial charge in [0, 0.05) is 16.5 Å². The lowest BCUT2D eigenvalue weighted by atomic mass is 10.0. The first-order valence-electron chi connectivity index (χ1n) is 7.99. The summed E-state index contributed by atoms with van der Waals surface area (Å²) in [7, 11) is 0. The van der Waals surface area contributed by atoms with Crippen LogP contribution in [-0.2, 0) is 0 Å². The third kappa shape index (κ3) is 2.42. The highest BCUT2D eigenvalue weighted by molar-refractivity contribution is 6.05. The number of nitrogens with one attached hydrogen (secondary N) is 1. The lowest BCUT2D eigenvalue weighted by molar-refractivity contribution is 0.112. The number of carbonyl (C=O) groups excluding carboxylic acids is 1. The van der Waals surface area contributed by atoms with Gasteiger partial charge in [0.05, 0.1) is 5.69 Å². The second-order valence-electron chi connectivity index (χ2n) is 6.03. The highest BCUT2D eigenvalue weighted by atomic mass is 16.1. The van der Waals surface area contributed by atoms with Crippen molar-refractivity contribution in [3.63, 3.8) is 0 Å². The minimum atomic E-state index is 0.716. The number of benzene rings is 3. The van der Waals surface area contributed by atoms with E-state index in [9.17, 15) is 4.79 Å². The van der Waals surface area contributed by atoms with Crippen LogP contribution < -0.4 is 0 Å². The summed E-state index contributed by atoms with van der Waals surface area (Å²) in [5.74, 6) is 0. The fourth-order valence-corrected chi connectivity index (χ4v) is 3.17. The van der Waals surface area contributed by atoms with E-state index in [1.165, 1.54) is 5.56 Å². The quantitative estimate of drug-likeness (QED) is 0.489. The van der Waals surface area contributed by atoms with Crippen molar-refractivity contribution in [2.24, 2.45) is 0 Å². The summed E-state index contributed by atoms with van der Waals surface area (Å²) in [5.41, 5.74) is 7.05. The molecule has 1 N–H and O–H groups in total. The lowest BCUT2D eigenvalue weighted by Crippen LogP contribution is -1.85. The zero-order valence-corrected chi connectivity index (χ0v) is 13.4. The number of carbonyl (C=O) groups is 1. The summed E-state index contributed by atoms with van der Waals surface area (Å²) < 4.78 is 0. The third-order valence-corrected chi connectivity index (χ3v) is 4.37. The minimum absolute atomic E-state index is 0.716. The molecule has 0 radical (unpaired) electrons. The van der Waals surface area contributed by atoms with Crippen LogP contribution in [0.4, 0.5) is 0 Å². The van der Waals surface area contributed by atoms with Crippen LogP contribution in [0, 0.1) is 6.92 Å². The Morgan fingerprint density at radius 2 is 1.58 bits per heavy atom. The van der Waals surface area contributed by atoms with Crippen molar-refractivity contribution in [2.75, 3.05) is 0 Å². The van der Waals surface area contributed by atoms with Crippen LogP contribution in [0.1, 0.15) is 15.9 Å². The molecule has 24 heavy (non-hydrogen) atoms. The molecule has 1 aromatic heterocycles. The number of hydrogen-bond donors (Lipinski definition) is 1. The second kappa shape index (κ2) is 5.82. The molecule has 0 saturated carbocycles. The summed E-state index contributed by atoms with van der Waals surface area (Å²) in [6, 6.07) is 24.6. The summed E-state index contributed by atoms with van der Waals surface area (Å²) in [5, 5.41) is 0.961. The SMILES string of the molecule is Cc1cccc(-c2[nH]c3ccc(-c4ccccc4)cc3c2C=O)c1. The number of aromatic nitrogens is 1. The molecule has 0 aliphatic carbocycles. The van der Waals surface area contributed by atoms with Crippen molar-refractivity contribution in [2.45, 2.75) is 6.92 Å². The molecule has 0 unspecified atom stereocenters. The Balaban J connectivity index is 1.93. The first-order valence-corrected chi connectivity index (χ1v) is 7.99. The molecule has 116 valence electrons. The van der Waals surface area contributed by atoms with E-state index in [0.717, 1.165) is 39.6 Å². The molecular weight excluding hydrogens is 294 g/mol. The molecule has 0 aliphatic rings. The van der Waals surface area contributed by atoms with Gasteiger partial charge < -0.3 is 4.98 Å². The van der Waals surface area contributed by atoms with Gasteiger partial charge >= 0.3 is 0 Å². The minimum Gasteiger partial charge on any atom is -0.354 e. The molecular formula is C22H17NO. The summed E-state index contributed by atoms with van der Waals surface area (Å²) in [6.07, 6.45) is 0.950. The van der Waals surface area contributed by atoms with E-state index < -0.39 is 0 Å². The van der Waals surface area contributed by atoms with Gasteiger partial charge in [-0.2, -0.15) is 0 Å². The van der Waals surface area contributed by atoms with Crippen LogP contribution in [-0.4, -0.2) is 11.3 Å². The fourth-order valence-electron chi connectivity index (χ4n) is 3.17. The Bertz CT molecular complexity index is 1030. The average Bonchev–Trinajstić information content (AvgIpc) is 3.00. The Morgan fingerprint density at radius 3 is 2.33 bits per heavy atom. The molecule has 2 nitrogen and oxygen atoms in total. The molecule has 0 saturated heterocycles. The fraction of sp³-hybridized carbons (Fsp3) is 0.0455. The Labute approximate surface area is 140 Å². The number of aldehydes is 1. The standard InChI is InChI=1S/C22H17NO/c1-15-6-5-9-18(12-15)22-20(14-24)19-13-17(10-11-21(19)23-22)16-7-3-2-4-8-16/h2-14,23H,1H3. The molecule has 1 heterocycles. The topological polar surface area (TPSA) is 32.9 Å². The van der Waals surface area contributed by atoms with Crippen molar-refractivity contribution in [3.05, 3.63) is 83.9 Å². The summed E-state index contributed by atoms with van der Waals surface area (Å²) in [6.45, 7) is 2.06. The molecule has 2 heteroatoms. The molecule has 3 aromatic carbocycles. The molecule has 4 aromatic rings. The zero-order chi connectivity index (χ0) is 16.5. The van der Waals surface area contributed by atoms with Crippen molar-refractivity contribution in [3.8, 4) is 22.4 Å². The Morgan fingerprint density at radius 1 is 0.792 bits per heavy atom. The summed E-state index contributed by atoms with van der Waals surface area (Å²) >= 11 is 0. The van der Waals surface area contributed by atoms with E-state index >= 15 is 0 Å². The van der Waals surface area contributed by atoms with E-state index in [1.54, 1.807) is 0 Å². The highest BCUT2D eigenvalue weighted by Crippen LogP contribution is 2.32. The average molecular weight is 311 g/mol. The first kappa shape index (κ1) is 14.5. The monoisotopic (exact) mass is 311 g/mol. The van der Waals surface area contributed by atoms with Gasteiger partial charge in [0.15, 0.2) is 6.29 Å². The van der Waals surface area contributed by atoms with Crippen LogP contribution in [0.5, 0.6) is 0 Å². The number of rotatable bonds is 3. The Kier molecular flexibility index (Phi) is 3.51. The predicted molar refractivity (Wildman–Crippen MR) is 99.3 cm³/mol. The molecule has 0 bridgehead atoms. The van der Waals surface area contributed by atoms with Crippen molar-refractivity contribution >= 4 is 17.2 Å². The molecule has 4 rings (SSSR count). The molecule has 0 aliphatic heterocycles. The lowest BCUT2D eigenvalue weighted by Gasteiger charge is -2.02. The predicted octanol–water partition coefficient (Wildman–Crippen LogP) is 5.62. The first-order chi connectivity index (χ1) is 11.8. The van der Waals surface area contributed by atoms with Crippen LogP contribution in [0.25, 0.3) is 33.3 Å². The normalized spacial score (nSPS) is 10.9. The Hall–Kier alpha value is -3.13. The van der Waals surface area contributed by atoms with E-state index in [4.69, 9.17) is 0 Å². The highest BCUT2D eigenvalue weighted by Gasteiger charge is 2.13. The third-order valence-electron chi connectivity index (χ3n) is 4.37. The van der Waals surface area contributed by atoms with Crippen molar-refractivity contribution in [1.29, 1.82) is 0 Å². The molecule has 0 spiro atoms. The number of fused-ring (bicyclic) bond motifs is 1. The van der Waals surface area contributed by atoms with E-state index in [1.807, 2.05) is 36.4 Å². The molecule has 0 atom stereocenters. The smallest absolute Gasteiger partial charge is 0.152 e. The number of H-pyrrole nitrogens is 1. The van der Waals surface area contributed by atoms with Gasteiger partial charge in [0.1, 0.15) is 0 Å². The van der Waals surface area contributed by atoms with Gasteiger partial charge in [-0.25, -0.2) is 0 Å². The molecule has 0 amide bonds. The van der Waals surface area contributed by atoms with Gasteiger partial charge in [-0.15, -0.1) is 0 Å². The van der Waals surface area contributed by atoms with Gasteiger partial charge in [-0.3, -0.25) is 4.79 Å². The van der Waals surface area contributed by atoms with Crippen LogP contribution >= 0.6 is 0 Å². The van der Waals surface area contributed by atoms with Gasteiger partial charge in [-0.1, -0.05) is 60.2 Å². The van der Waals surface area contributed by atoms with Gasteiger partial charge in [-0.05, 0) is 41.8 Å². The van der Waals surface area contributed by atoms with E-state index in [-0.39, 0.29) is 0 Å². The molecule has 0 fully saturated rings. The van der Waals surface area contributed by atoms with Crippen LogP contribution in [0.2, 0.25) is 0 Å². The number of aryl methyl sites for hydroxylation is 1. The second-order valence-corrected chi connectivity index (χ2v) is 6.03. The van der Waals surface area contributed by atoms with Crippen LogP contribution in [0.15, 0.2) is 72.8 Å². The van der Waals surface area contributed by atoms with Gasteiger partial charge in [0.2, 0.25) is 0 Å². The maximum absolute atomic E-state index is 11.8. The van der Waals surface area contributed by atoms with E-state index in [2.05, 4.69) is 48.3 Å². The maximum atomic E-state index is 11.8. The zero-order valence-electron chi connectivity index (χ0n) is 13.4. The van der Waals surface area contributed by atoms with Crippen molar-refractivity contribution < 1.29 is 4.79 Å².